The smallest absolute Gasteiger partial charge is 0.311 e. The lowest BCUT2D eigenvalue weighted by molar-refractivity contribution is -0.152. The van der Waals surface area contributed by atoms with E-state index in [0.29, 0.717) is 13.0 Å². The summed E-state index contributed by atoms with van der Waals surface area (Å²) in [5, 5.41) is 9.31. The van der Waals surface area contributed by atoms with Crippen molar-refractivity contribution >= 4 is 5.97 Å². The van der Waals surface area contributed by atoms with Crippen LogP contribution in [0.5, 0.6) is 0 Å². The quantitative estimate of drug-likeness (QED) is 0.646. The van der Waals surface area contributed by atoms with Crippen LogP contribution < -0.4 is 0 Å². The SMILES string of the molecule is CCCOC(=O)[C@@H](CCC)[C@H](C)O. The summed E-state index contributed by atoms with van der Waals surface area (Å²) in [5.74, 6) is -0.616. The van der Waals surface area contributed by atoms with E-state index in [4.69, 9.17) is 4.74 Å². The van der Waals surface area contributed by atoms with E-state index in [0.717, 1.165) is 12.8 Å². The highest BCUT2D eigenvalue weighted by Gasteiger charge is 2.23. The Morgan fingerprint density at radius 3 is 2.38 bits per heavy atom. The molecule has 78 valence electrons. The van der Waals surface area contributed by atoms with E-state index in [1.54, 1.807) is 6.92 Å². The largest absolute Gasteiger partial charge is 0.465 e. The Hall–Kier alpha value is -0.570. The number of hydrogen-bond acceptors (Lipinski definition) is 3. The van der Waals surface area contributed by atoms with Gasteiger partial charge in [0.1, 0.15) is 0 Å². The number of aliphatic hydroxyl groups excluding tert-OH is 1. The molecule has 0 saturated carbocycles. The first-order chi connectivity index (χ1) is 6.13. The molecule has 0 rings (SSSR count). The van der Waals surface area contributed by atoms with Gasteiger partial charge in [-0.05, 0) is 19.8 Å². The van der Waals surface area contributed by atoms with E-state index < -0.39 is 6.10 Å². The Bertz CT molecular complexity index is 143. The Balaban J connectivity index is 3.96. The Labute approximate surface area is 80.1 Å². The fourth-order valence-electron chi connectivity index (χ4n) is 1.18. The lowest BCUT2D eigenvalue weighted by Crippen LogP contribution is -2.27. The maximum atomic E-state index is 11.4. The van der Waals surface area contributed by atoms with E-state index in [1.165, 1.54) is 0 Å². The van der Waals surface area contributed by atoms with Crippen LogP contribution in [0.2, 0.25) is 0 Å². The third kappa shape index (κ3) is 4.88. The van der Waals surface area contributed by atoms with Gasteiger partial charge in [0.15, 0.2) is 0 Å². The molecule has 13 heavy (non-hydrogen) atoms. The summed E-state index contributed by atoms with van der Waals surface area (Å²) in [6.45, 7) is 6.02. The van der Waals surface area contributed by atoms with E-state index in [1.807, 2.05) is 13.8 Å². The average molecular weight is 188 g/mol. The highest BCUT2D eigenvalue weighted by molar-refractivity contribution is 5.72. The molecule has 0 amide bonds. The molecule has 0 aromatic heterocycles. The zero-order chi connectivity index (χ0) is 10.3. The average Bonchev–Trinajstić information content (AvgIpc) is 2.09. The predicted molar refractivity (Wildman–Crippen MR) is 51.3 cm³/mol. The van der Waals surface area contributed by atoms with Crippen molar-refractivity contribution in [1.29, 1.82) is 0 Å². The molecule has 0 aliphatic carbocycles. The molecule has 0 radical (unpaired) electrons. The van der Waals surface area contributed by atoms with Crippen molar-refractivity contribution in [3.05, 3.63) is 0 Å². The minimum atomic E-state index is -0.607. The summed E-state index contributed by atoms with van der Waals surface area (Å²) in [4.78, 5) is 11.4. The Kier molecular flexibility index (Phi) is 6.59. The van der Waals surface area contributed by atoms with Crippen LogP contribution in [-0.2, 0) is 9.53 Å². The molecule has 1 N–H and O–H groups in total. The second-order valence-corrected chi connectivity index (χ2v) is 3.30. The lowest BCUT2D eigenvalue weighted by atomic mass is 9.98. The van der Waals surface area contributed by atoms with Gasteiger partial charge in [-0.1, -0.05) is 20.3 Å². The van der Waals surface area contributed by atoms with Gasteiger partial charge in [-0.3, -0.25) is 4.79 Å². The second-order valence-electron chi connectivity index (χ2n) is 3.30. The summed E-state index contributed by atoms with van der Waals surface area (Å²) >= 11 is 0. The first-order valence-corrected chi connectivity index (χ1v) is 4.98. The van der Waals surface area contributed by atoms with Crippen molar-refractivity contribution in [3.63, 3.8) is 0 Å². The summed E-state index contributed by atoms with van der Waals surface area (Å²) in [5.41, 5.74) is 0. The Morgan fingerprint density at radius 2 is 2.00 bits per heavy atom. The highest BCUT2D eigenvalue weighted by atomic mass is 16.5. The number of esters is 1. The van der Waals surface area contributed by atoms with Crippen LogP contribution in [0.4, 0.5) is 0 Å². The van der Waals surface area contributed by atoms with E-state index in [9.17, 15) is 9.90 Å². The van der Waals surface area contributed by atoms with Gasteiger partial charge in [-0.2, -0.15) is 0 Å². The molecular weight excluding hydrogens is 168 g/mol. The third-order valence-corrected chi connectivity index (χ3v) is 1.93. The molecule has 0 bridgehead atoms. The van der Waals surface area contributed by atoms with Crippen LogP contribution in [-0.4, -0.2) is 23.8 Å². The summed E-state index contributed by atoms with van der Waals surface area (Å²) in [7, 11) is 0. The van der Waals surface area contributed by atoms with E-state index >= 15 is 0 Å². The molecule has 0 aromatic carbocycles. The van der Waals surface area contributed by atoms with Crippen molar-refractivity contribution in [2.45, 2.75) is 46.1 Å². The maximum Gasteiger partial charge on any atom is 0.311 e. The van der Waals surface area contributed by atoms with Crippen LogP contribution in [0.3, 0.4) is 0 Å². The van der Waals surface area contributed by atoms with Crippen molar-refractivity contribution in [1.82, 2.24) is 0 Å². The topological polar surface area (TPSA) is 46.5 Å². The number of aliphatic hydroxyl groups is 1. The van der Waals surface area contributed by atoms with Gasteiger partial charge < -0.3 is 9.84 Å². The number of carbonyl (C=O) groups excluding carboxylic acids is 1. The minimum Gasteiger partial charge on any atom is -0.465 e. The molecular formula is C10H20O3. The van der Waals surface area contributed by atoms with Gasteiger partial charge >= 0.3 is 5.97 Å². The number of rotatable bonds is 6. The van der Waals surface area contributed by atoms with Gasteiger partial charge in [0.25, 0.3) is 0 Å². The van der Waals surface area contributed by atoms with Gasteiger partial charge in [-0.15, -0.1) is 0 Å². The van der Waals surface area contributed by atoms with Crippen LogP contribution >= 0.6 is 0 Å². The first-order valence-electron chi connectivity index (χ1n) is 4.98. The van der Waals surface area contributed by atoms with Crippen LogP contribution in [0.1, 0.15) is 40.0 Å². The molecule has 0 heterocycles. The second kappa shape index (κ2) is 6.89. The molecule has 3 heteroatoms. The summed E-state index contributed by atoms with van der Waals surface area (Å²) in [6, 6.07) is 0. The first kappa shape index (κ1) is 12.4. The molecule has 2 atom stereocenters. The van der Waals surface area contributed by atoms with Crippen LogP contribution in [0.25, 0.3) is 0 Å². The molecule has 0 saturated heterocycles. The zero-order valence-corrected chi connectivity index (χ0v) is 8.75. The highest BCUT2D eigenvalue weighted by Crippen LogP contribution is 2.13. The van der Waals surface area contributed by atoms with Crippen LogP contribution in [0.15, 0.2) is 0 Å². The van der Waals surface area contributed by atoms with Gasteiger partial charge in [0.05, 0.1) is 18.6 Å². The summed E-state index contributed by atoms with van der Waals surface area (Å²) in [6.07, 6.45) is 1.80. The lowest BCUT2D eigenvalue weighted by Gasteiger charge is -2.17. The van der Waals surface area contributed by atoms with Crippen molar-refractivity contribution in [3.8, 4) is 0 Å². The molecule has 0 fully saturated rings. The standard InChI is InChI=1S/C10H20O3/c1-4-6-9(8(3)11)10(12)13-7-5-2/h8-9,11H,4-7H2,1-3H3/t8-,9-/m0/s1. The number of ether oxygens (including phenoxy) is 1. The number of carbonyl (C=O) groups is 1. The van der Waals surface area contributed by atoms with Gasteiger partial charge in [-0.25, -0.2) is 0 Å². The fraction of sp³-hybridized carbons (Fsp3) is 0.900. The predicted octanol–water partition coefficient (Wildman–Crippen LogP) is 1.74. The van der Waals surface area contributed by atoms with Crippen molar-refractivity contribution < 1.29 is 14.6 Å². The maximum absolute atomic E-state index is 11.4. The van der Waals surface area contributed by atoms with Gasteiger partial charge in [0.2, 0.25) is 0 Å². The molecule has 0 unspecified atom stereocenters. The monoisotopic (exact) mass is 188 g/mol. The molecule has 0 aromatic rings. The number of hydrogen-bond donors (Lipinski definition) is 1. The fourth-order valence-corrected chi connectivity index (χ4v) is 1.18. The van der Waals surface area contributed by atoms with Crippen LogP contribution in [0, 0.1) is 5.92 Å². The molecule has 0 aliphatic heterocycles. The van der Waals surface area contributed by atoms with Crippen molar-refractivity contribution in [2.75, 3.05) is 6.61 Å². The van der Waals surface area contributed by atoms with Crippen molar-refractivity contribution in [2.24, 2.45) is 5.92 Å². The normalized spacial score (nSPS) is 15.1. The van der Waals surface area contributed by atoms with E-state index in [2.05, 4.69) is 0 Å². The molecule has 0 spiro atoms. The van der Waals surface area contributed by atoms with Gasteiger partial charge in [0, 0.05) is 0 Å². The molecule has 3 nitrogen and oxygen atoms in total. The Morgan fingerprint density at radius 1 is 1.38 bits per heavy atom. The zero-order valence-electron chi connectivity index (χ0n) is 8.75. The third-order valence-electron chi connectivity index (χ3n) is 1.93. The minimum absolute atomic E-state index is 0.265. The molecule has 0 aliphatic rings. The van der Waals surface area contributed by atoms with E-state index in [-0.39, 0.29) is 11.9 Å². The summed E-state index contributed by atoms with van der Waals surface area (Å²) < 4.78 is 4.97.